The van der Waals surface area contributed by atoms with Crippen molar-refractivity contribution in [2.75, 3.05) is 44.2 Å². The maximum atomic E-state index is 14.3. The van der Waals surface area contributed by atoms with E-state index in [1.165, 1.54) is 30.9 Å². The highest BCUT2D eigenvalue weighted by atomic mass is 79.9. The van der Waals surface area contributed by atoms with Gasteiger partial charge in [-0.05, 0) is 49.7 Å². The fourth-order valence-electron chi connectivity index (χ4n) is 5.49. The number of amides is 3. The molecule has 0 spiro atoms. The van der Waals surface area contributed by atoms with Crippen LogP contribution < -0.4 is 10.2 Å². The van der Waals surface area contributed by atoms with Crippen molar-refractivity contribution in [3.63, 3.8) is 0 Å². The Morgan fingerprint density at radius 3 is 2.33 bits per heavy atom. The first-order chi connectivity index (χ1) is 21.3. The normalized spacial score (nSPS) is 18.6. The van der Waals surface area contributed by atoms with Gasteiger partial charge in [-0.2, -0.15) is 4.31 Å². The van der Waals surface area contributed by atoms with Crippen LogP contribution in [-0.4, -0.2) is 84.4 Å². The van der Waals surface area contributed by atoms with Crippen molar-refractivity contribution in [1.82, 2.24) is 24.1 Å². The molecule has 2 aliphatic heterocycles. The van der Waals surface area contributed by atoms with Crippen molar-refractivity contribution in [2.24, 2.45) is 0 Å². The Morgan fingerprint density at radius 1 is 1.07 bits per heavy atom. The zero-order valence-corrected chi connectivity index (χ0v) is 28.4. The van der Waals surface area contributed by atoms with E-state index in [4.69, 9.17) is 27.9 Å². The summed E-state index contributed by atoms with van der Waals surface area (Å²) in [7, 11) is -4.17. The van der Waals surface area contributed by atoms with Gasteiger partial charge < -0.3 is 15.0 Å². The van der Waals surface area contributed by atoms with Gasteiger partial charge in [0.05, 0.1) is 24.9 Å². The molecule has 45 heavy (non-hydrogen) atoms. The third-order valence-electron chi connectivity index (χ3n) is 7.68. The summed E-state index contributed by atoms with van der Waals surface area (Å²) in [4.78, 5) is 45.7. The van der Waals surface area contributed by atoms with Gasteiger partial charge >= 0.3 is 12.0 Å². The Hall–Kier alpha value is -3.17. The Bertz CT molecular complexity index is 1710. The van der Waals surface area contributed by atoms with Crippen LogP contribution in [0.5, 0.6) is 0 Å². The second-order valence-electron chi connectivity index (χ2n) is 10.8. The fraction of sp³-hybridized carbons (Fsp3) is 0.379. The average Bonchev–Trinajstić information content (AvgIpc) is 3.52. The molecule has 12 nitrogen and oxygen atoms in total. The van der Waals surface area contributed by atoms with Gasteiger partial charge in [0, 0.05) is 53.7 Å². The third kappa shape index (κ3) is 6.70. The lowest BCUT2D eigenvalue weighted by molar-refractivity contribution is -0.142. The number of halogens is 3. The molecule has 1 aromatic heterocycles. The van der Waals surface area contributed by atoms with Crippen LogP contribution in [0.2, 0.25) is 10.0 Å². The SMILES string of the molecule is CCOC(=O)CCNC(=O)N1CCN(S(=O)(=O)c2cnc3n2[C@](C)(Cc2ccc(Br)cc2)C(=O)N3c2cc(Cl)cc(Cl)c2)CC1. The zero-order chi connectivity index (χ0) is 32.5. The van der Waals surface area contributed by atoms with Gasteiger partial charge in [0.1, 0.15) is 5.54 Å². The summed E-state index contributed by atoms with van der Waals surface area (Å²) in [6.45, 7) is 4.08. The molecule has 0 unspecified atom stereocenters. The molecule has 2 aromatic carbocycles. The van der Waals surface area contributed by atoms with Gasteiger partial charge in [0.2, 0.25) is 5.95 Å². The highest BCUT2D eigenvalue weighted by Gasteiger charge is 2.52. The molecule has 0 saturated carbocycles. The smallest absolute Gasteiger partial charge is 0.317 e. The fourth-order valence-corrected chi connectivity index (χ4v) is 7.88. The Kier molecular flexibility index (Phi) is 9.80. The molecular weight excluding hydrogens is 711 g/mol. The van der Waals surface area contributed by atoms with E-state index in [9.17, 15) is 22.8 Å². The molecule has 1 atom stereocenters. The number of benzene rings is 2. The molecule has 1 saturated heterocycles. The Balaban J connectivity index is 1.42. The first-order valence-electron chi connectivity index (χ1n) is 14.2. The number of imidazole rings is 1. The van der Waals surface area contributed by atoms with Crippen LogP contribution in [0.1, 0.15) is 25.8 Å². The van der Waals surface area contributed by atoms with Crippen LogP contribution in [0.15, 0.2) is 58.2 Å². The monoisotopic (exact) mass is 740 g/mol. The van der Waals surface area contributed by atoms with Crippen LogP contribution in [0, 0.1) is 0 Å². The number of nitrogens with one attached hydrogen (secondary N) is 1. The van der Waals surface area contributed by atoms with E-state index in [2.05, 4.69) is 26.2 Å². The maximum Gasteiger partial charge on any atom is 0.317 e. The van der Waals surface area contributed by atoms with E-state index in [1.54, 1.807) is 26.0 Å². The number of piperazine rings is 1. The van der Waals surface area contributed by atoms with E-state index in [0.717, 1.165) is 10.0 Å². The molecule has 16 heteroatoms. The Labute approximate surface area is 279 Å². The summed E-state index contributed by atoms with van der Waals surface area (Å²) in [5, 5.41) is 3.13. The van der Waals surface area contributed by atoms with E-state index in [1.807, 2.05) is 24.3 Å². The van der Waals surface area contributed by atoms with Crippen LogP contribution in [0.3, 0.4) is 0 Å². The molecule has 0 bridgehead atoms. The lowest BCUT2D eigenvalue weighted by Crippen LogP contribution is -2.53. The summed E-state index contributed by atoms with van der Waals surface area (Å²) < 4.78 is 36.8. The average molecular weight is 742 g/mol. The van der Waals surface area contributed by atoms with Gasteiger partial charge in [0.15, 0.2) is 5.03 Å². The van der Waals surface area contributed by atoms with E-state index < -0.39 is 33.5 Å². The number of nitrogens with zero attached hydrogens (tertiary/aromatic N) is 5. The van der Waals surface area contributed by atoms with E-state index in [0.29, 0.717) is 15.7 Å². The number of hydrogen-bond acceptors (Lipinski definition) is 7. The summed E-state index contributed by atoms with van der Waals surface area (Å²) >= 11 is 16.0. The minimum absolute atomic E-state index is 0.0269. The van der Waals surface area contributed by atoms with Gasteiger partial charge in [-0.15, -0.1) is 0 Å². The van der Waals surface area contributed by atoms with Crippen molar-refractivity contribution in [1.29, 1.82) is 0 Å². The number of anilines is 2. The van der Waals surface area contributed by atoms with Crippen molar-refractivity contribution in [2.45, 2.75) is 37.3 Å². The summed E-state index contributed by atoms with van der Waals surface area (Å²) in [5.74, 6) is -0.687. The van der Waals surface area contributed by atoms with Crippen molar-refractivity contribution in [3.8, 4) is 0 Å². The highest BCUT2D eigenvalue weighted by Crippen LogP contribution is 2.45. The van der Waals surface area contributed by atoms with Crippen LogP contribution >= 0.6 is 39.1 Å². The molecule has 2 aliphatic rings. The standard InChI is InChI=1S/C29H31BrCl2N6O6S/c1-3-44-25(39)8-9-33-28(41)35-10-12-36(13-11-35)45(42,43)24-18-34-27-37(23-15-21(31)14-22(32)16-23)26(40)29(2,38(24)27)17-19-4-6-20(30)7-5-19/h4-7,14-16,18H,3,8-13,17H2,1-2H3,(H,33,41)/t29-/m1/s1. The minimum atomic E-state index is -4.17. The Morgan fingerprint density at radius 2 is 1.71 bits per heavy atom. The molecule has 0 aliphatic carbocycles. The zero-order valence-electron chi connectivity index (χ0n) is 24.5. The predicted molar refractivity (Wildman–Crippen MR) is 172 cm³/mol. The summed E-state index contributed by atoms with van der Waals surface area (Å²) in [5.41, 5.74) is -0.210. The minimum Gasteiger partial charge on any atom is -0.466 e. The molecule has 240 valence electrons. The number of urea groups is 1. The molecule has 3 aromatic rings. The van der Waals surface area contributed by atoms with Gasteiger partial charge in [-0.25, -0.2) is 23.1 Å². The topological polar surface area (TPSA) is 134 Å². The first kappa shape index (κ1) is 33.2. The number of esters is 1. The number of fused-ring (bicyclic) bond motifs is 1. The van der Waals surface area contributed by atoms with Crippen molar-refractivity contribution >= 4 is 78.7 Å². The number of carbonyl (C=O) groups is 3. The quantitative estimate of drug-likeness (QED) is 0.318. The van der Waals surface area contributed by atoms with E-state index >= 15 is 0 Å². The highest BCUT2D eigenvalue weighted by molar-refractivity contribution is 9.10. The van der Waals surface area contributed by atoms with Crippen molar-refractivity contribution < 1.29 is 27.5 Å². The predicted octanol–water partition coefficient (Wildman–Crippen LogP) is 4.56. The largest absolute Gasteiger partial charge is 0.466 e. The number of ether oxygens (including phenoxy) is 1. The maximum absolute atomic E-state index is 14.3. The van der Waals surface area contributed by atoms with E-state index in [-0.39, 0.29) is 63.1 Å². The van der Waals surface area contributed by atoms with Crippen molar-refractivity contribution in [3.05, 3.63) is 68.7 Å². The molecule has 3 amide bonds. The van der Waals surface area contributed by atoms with Crippen LogP contribution in [0.4, 0.5) is 16.4 Å². The number of carbonyl (C=O) groups excluding carboxylic acids is 3. The molecule has 3 heterocycles. The molecule has 0 radical (unpaired) electrons. The first-order valence-corrected chi connectivity index (χ1v) is 17.2. The van der Waals surface area contributed by atoms with Gasteiger partial charge in [-0.3, -0.25) is 14.2 Å². The van der Waals surface area contributed by atoms with Crippen LogP contribution in [0.25, 0.3) is 0 Å². The lowest BCUT2D eigenvalue weighted by atomic mass is 9.92. The molecular formula is C29H31BrCl2N6O6S. The molecule has 1 N–H and O–H groups in total. The number of sulfonamides is 1. The van der Waals surface area contributed by atoms with Gasteiger partial charge in [-0.1, -0.05) is 51.3 Å². The van der Waals surface area contributed by atoms with Gasteiger partial charge in [0.25, 0.3) is 15.9 Å². The second-order valence-corrected chi connectivity index (χ2v) is 14.4. The number of aromatic nitrogens is 2. The number of hydrogen-bond donors (Lipinski definition) is 1. The third-order valence-corrected chi connectivity index (χ3v) is 10.5. The molecule has 5 rings (SSSR count). The summed E-state index contributed by atoms with van der Waals surface area (Å²) in [6, 6.07) is 11.7. The number of rotatable bonds is 9. The molecule has 1 fully saturated rings. The second kappa shape index (κ2) is 13.3. The van der Waals surface area contributed by atoms with Crippen LogP contribution in [-0.2, 0) is 36.3 Å². The summed E-state index contributed by atoms with van der Waals surface area (Å²) in [6.07, 6.45) is 1.47. The lowest BCUT2D eigenvalue weighted by Gasteiger charge is -2.34.